The second kappa shape index (κ2) is 6.51. The molecule has 3 rings (SSSR count). The van der Waals surface area contributed by atoms with Crippen molar-refractivity contribution in [1.29, 1.82) is 0 Å². The van der Waals surface area contributed by atoms with Gasteiger partial charge in [0.2, 0.25) is 5.56 Å². The molecule has 0 amide bonds. The van der Waals surface area contributed by atoms with Gasteiger partial charge in [-0.15, -0.1) is 0 Å². The molecule has 26 heavy (non-hydrogen) atoms. The number of ether oxygens (including phenoxy) is 1. The van der Waals surface area contributed by atoms with E-state index >= 15 is 0 Å². The number of aromatic nitrogens is 1. The van der Waals surface area contributed by atoms with Gasteiger partial charge in [-0.25, -0.2) is 0 Å². The van der Waals surface area contributed by atoms with Crippen LogP contribution >= 0.6 is 0 Å². The van der Waals surface area contributed by atoms with E-state index in [0.717, 1.165) is 27.8 Å². The first-order valence-corrected chi connectivity index (χ1v) is 12.0. The van der Waals surface area contributed by atoms with Crippen LogP contribution in [0.15, 0.2) is 23.0 Å². The largest absolute Gasteiger partial charge is 0.486 e. The Morgan fingerprint density at radius 2 is 2.00 bits per heavy atom. The summed E-state index contributed by atoms with van der Waals surface area (Å²) in [6.45, 7) is 13.6. The molecule has 0 saturated heterocycles. The van der Waals surface area contributed by atoms with E-state index in [9.17, 15) is 9.90 Å². The highest BCUT2D eigenvalue weighted by Crippen LogP contribution is 2.45. The van der Waals surface area contributed by atoms with Crippen molar-refractivity contribution >= 4 is 19.2 Å². The maximum absolute atomic E-state index is 11.7. The van der Waals surface area contributed by atoms with E-state index in [1.807, 2.05) is 6.92 Å². The molecule has 1 aliphatic heterocycles. The van der Waals surface area contributed by atoms with Crippen LogP contribution in [0.5, 0.6) is 5.75 Å². The lowest BCUT2D eigenvalue weighted by atomic mass is 9.93. The van der Waals surface area contributed by atoms with E-state index in [1.165, 1.54) is 6.07 Å². The summed E-state index contributed by atoms with van der Waals surface area (Å²) in [6, 6.07) is 5.37. The number of fused-ring (bicyclic) bond motifs is 3. The minimum absolute atomic E-state index is 0.0147. The van der Waals surface area contributed by atoms with Gasteiger partial charge in [-0.1, -0.05) is 20.8 Å². The maximum atomic E-state index is 11.7. The number of hydrogen-bond acceptors (Lipinski definition) is 4. The molecule has 0 bridgehead atoms. The molecule has 0 radical (unpaired) electrons. The number of aromatic amines is 1. The fourth-order valence-corrected chi connectivity index (χ4v) is 4.25. The molecule has 5 nitrogen and oxygen atoms in total. The van der Waals surface area contributed by atoms with Crippen molar-refractivity contribution in [2.75, 3.05) is 13.2 Å². The first-order chi connectivity index (χ1) is 12.0. The molecule has 6 heteroatoms. The lowest BCUT2D eigenvalue weighted by Crippen LogP contribution is -2.42. The van der Waals surface area contributed by atoms with Crippen LogP contribution < -0.4 is 10.3 Å². The van der Waals surface area contributed by atoms with E-state index in [0.29, 0.717) is 6.61 Å². The van der Waals surface area contributed by atoms with Crippen molar-refractivity contribution in [2.45, 2.75) is 57.8 Å². The Balaban J connectivity index is 2.00. The minimum Gasteiger partial charge on any atom is -0.486 e. The zero-order valence-corrected chi connectivity index (χ0v) is 17.5. The summed E-state index contributed by atoms with van der Waals surface area (Å²) in [7, 11) is -1.90. The molecular formula is C20H29NO4Si. The Morgan fingerprint density at radius 1 is 1.31 bits per heavy atom. The number of rotatable bonds is 4. The summed E-state index contributed by atoms with van der Waals surface area (Å²) < 4.78 is 12.5. The predicted molar refractivity (Wildman–Crippen MR) is 107 cm³/mol. The first-order valence-electron chi connectivity index (χ1n) is 9.13. The first kappa shape index (κ1) is 19.1. The lowest BCUT2D eigenvalue weighted by Gasteiger charge is -2.37. The third kappa shape index (κ3) is 3.21. The van der Waals surface area contributed by atoms with Gasteiger partial charge in [0.05, 0.1) is 12.1 Å². The Hall–Kier alpha value is -1.63. The monoisotopic (exact) mass is 375 g/mol. The number of pyridine rings is 1. The standard InChI is InChI=1S/C20H29NO4Si/c1-12-9-14-15(11-24-26(5,6)20(2,3)4)16(10-22)25-19(14)13-7-8-17(23)21-18(12)13/h7-9,15-16,22H,10-11H2,1-6H3,(H,21,23). The molecule has 2 unspecified atom stereocenters. The van der Waals surface area contributed by atoms with E-state index in [-0.39, 0.29) is 29.2 Å². The number of aliphatic hydroxyl groups is 1. The van der Waals surface area contributed by atoms with Crippen LogP contribution in [-0.4, -0.2) is 37.7 Å². The highest BCUT2D eigenvalue weighted by atomic mass is 28.4. The Kier molecular flexibility index (Phi) is 4.79. The Bertz CT molecular complexity index is 882. The molecule has 0 saturated carbocycles. The highest BCUT2D eigenvalue weighted by Gasteiger charge is 2.41. The van der Waals surface area contributed by atoms with E-state index in [2.05, 4.69) is 44.9 Å². The zero-order chi connectivity index (χ0) is 19.3. The predicted octanol–water partition coefficient (Wildman–Crippen LogP) is 3.70. The van der Waals surface area contributed by atoms with Gasteiger partial charge in [0.1, 0.15) is 11.9 Å². The van der Waals surface area contributed by atoms with Crippen LogP contribution in [0.1, 0.15) is 37.8 Å². The topological polar surface area (TPSA) is 71.6 Å². The highest BCUT2D eigenvalue weighted by molar-refractivity contribution is 6.74. The Labute approximate surface area is 155 Å². The van der Waals surface area contributed by atoms with Gasteiger partial charge in [-0.3, -0.25) is 4.79 Å². The number of H-pyrrole nitrogens is 1. The van der Waals surface area contributed by atoms with Gasteiger partial charge < -0.3 is 19.3 Å². The van der Waals surface area contributed by atoms with Crippen molar-refractivity contribution < 1.29 is 14.3 Å². The number of hydrogen-bond donors (Lipinski definition) is 2. The van der Waals surface area contributed by atoms with Crippen molar-refractivity contribution in [3.63, 3.8) is 0 Å². The molecule has 2 atom stereocenters. The fourth-order valence-electron chi connectivity index (χ4n) is 3.22. The maximum Gasteiger partial charge on any atom is 0.248 e. The quantitative estimate of drug-likeness (QED) is 0.800. The van der Waals surface area contributed by atoms with Gasteiger partial charge in [-0.05, 0) is 42.8 Å². The molecular weight excluding hydrogens is 346 g/mol. The molecule has 0 spiro atoms. The number of benzene rings is 1. The smallest absolute Gasteiger partial charge is 0.248 e. The second-order valence-corrected chi connectivity index (χ2v) is 13.5. The summed E-state index contributed by atoms with van der Waals surface area (Å²) in [5.41, 5.74) is 2.71. The number of aryl methyl sites for hydroxylation is 1. The molecule has 142 valence electrons. The van der Waals surface area contributed by atoms with Crippen LogP contribution in [0, 0.1) is 6.92 Å². The molecule has 0 aliphatic carbocycles. The molecule has 1 aromatic carbocycles. The van der Waals surface area contributed by atoms with Crippen molar-refractivity contribution in [3.05, 3.63) is 39.7 Å². The molecule has 0 fully saturated rings. The number of nitrogens with one attached hydrogen (secondary N) is 1. The summed E-state index contributed by atoms with van der Waals surface area (Å²) in [5, 5.41) is 10.9. The average Bonchev–Trinajstić information content (AvgIpc) is 2.90. The fraction of sp³-hybridized carbons (Fsp3) is 0.550. The van der Waals surface area contributed by atoms with Crippen LogP contribution in [0.2, 0.25) is 18.1 Å². The lowest BCUT2D eigenvalue weighted by molar-refractivity contribution is 0.0969. The second-order valence-electron chi connectivity index (χ2n) is 8.74. The summed E-state index contributed by atoms with van der Waals surface area (Å²) in [5.74, 6) is 0.740. The molecule has 1 aliphatic rings. The van der Waals surface area contributed by atoms with Crippen molar-refractivity contribution in [3.8, 4) is 5.75 Å². The van der Waals surface area contributed by atoms with Gasteiger partial charge in [0.25, 0.3) is 0 Å². The van der Waals surface area contributed by atoms with Crippen LogP contribution in [0.3, 0.4) is 0 Å². The van der Waals surface area contributed by atoms with Gasteiger partial charge in [0, 0.05) is 29.5 Å². The summed E-state index contributed by atoms with van der Waals surface area (Å²) in [4.78, 5) is 14.6. The third-order valence-corrected chi connectivity index (χ3v) is 10.4. The van der Waals surface area contributed by atoms with E-state index < -0.39 is 8.32 Å². The van der Waals surface area contributed by atoms with E-state index in [4.69, 9.17) is 9.16 Å². The normalized spacial score (nSPS) is 20.3. The molecule has 2 aromatic rings. The van der Waals surface area contributed by atoms with Crippen LogP contribution in [0.25, 0.3) is 10.9 Å². The Morgan fingerprint density at radius 3 is 2.62 bits per heavy atom. The minimum atomic E-state index is -1.90. The molecule has 2 heterocycles. The van der Waals surface area contributed by atoms with Gasteiger partial charge in [0.15, 0.2) is 8.32 Å². The van der Waals surface area contributed by atoms with Crippen LogP contribution in [0.4, 0.5) is 0 Å². The average molecular weight is 376 g/mol. The van der Waals surface area contributed by atoms with Crippen LogP contribution in [-0.2, 0) is 4.43 Å². The van der Waals surface area contributed by atoms with E-state index in [1.54, 1.807) is 6.07 Å². The molecule has 1 aromatic heterocycles. The van der Waals surface area contributed by atoms with Gasteiger partial charge >= 0.3 is 0 Å². The summed E-state index contributed by atoms with van der Waals surface area (Å²) in [6.07, 6.45) is -0.327. The third-order valence-electron chi connectivity index (χ3n) is 5.92. The molecule has 2 N–H and O–H groups in total. The zero-order valence-electron chi connectivity index (χ0n) is 16.5. The van der Waals surface area contributed by atoms with Crippen molar-refractivity contribution in [1.82, 2.24) is 4.98 Å². The van der Waals surface area contributed by atoms with Crippen molar-refractivity contribution in [2.24, 2.45) is 0 Å². The van der Waals surface area contributed by atoms with Gasteiger partial charge in [-0.2, -0.15) is 0 Å². The number of aliphatic hydroxyl groups excluding tert-OH is 1. The SMILES string of the molecule is Cc1cc2c(c3ccc(=O)[nH]c13)OC(CO)C2CO[Si](C)(C)C(C)(C)C. The summed E-state index contributed by atoms with van der Waals surface area (Å²) >= 11 is 0.